The fourth-order valence-corrected chi connectivity index (χ4v) is 2.39. The Bertz CT molecular complexity index is 262. The minimum Gasteiger partial charge on any atom is -0.367 e. The van der Waals surface area contributed by atoms with Gasteiger partial charge in [0.1, 0.15) is 0 Å². The van der Waals surface area contributed by atoms with Crippen LogP contribution in [0.1, 0.15) is 78.6 Å². The lowest BCUT2D eigenvalue weighted by atomic mass is 10.1. The zero-order chi connectivity index (χ0) is 15.2. The zero-order valence-corrected chi connectivity index (χ0v) is 13.8. The van der Waals surface area contributed by atoms with Gasteiger partial charge in [-0.1, -0.05) is 65.4 Å². The number of rotatable bonds is 13. The number of carbonyl (C=O) groups is 1. The highest BCUT2D eigenvalue weighted by Gasteiger charge is 2.13. The van der Waals surface area contributed by atoms with Crippen LogP contribution in [-0.4, -0.2) is 23.9 Å². The summed E-state index contributed by atoms with van der Waals surface area (Å²) in [7, 11) is 0. The quantitative estimate of drug-likeness (QED) is 0.406. The lowest BCUT2D eigenvalue weighted by molar-refractivity contribution is -0.116. The zero-order valence-electron chi connectivity index (χ0n) is 13.8. The molecule has 118 valence electrons. The Kier molecular flexibility index (Phi) is 12.4. The molecule has 0 unspecified atom stereocenters. The molecule has 20 heavy (non-hydrogen) atoms. The van der Waals surface area contributed by atoms with Crippen molar-refractivity contribution in [2.24, 2.45) is 5.73 Å². The van der Waals surface area contributed by atoms with Crippen LogP contribution < -0.4 is 5.73 Å². The van der Waals surface area contributed by atoms with E-state index in [0.29, 0.717) is 0 Å². The molecule has 0 rings (SSSR count). The largest absolute Gasteiger partial charge is 0.367 e. The highest BCUT2D eigenvalue weighted by molar-refractivity contribution is 5.91. The molecule has 0 aromatic rings. The second-order valence-corrected chi connectivity index (χ2v) is 5.47. The molecule has 0 spiro atoms. The van der Waals surface area contributed by atoms with E-state index in [2.05, 4.69) is 25.7 Å². The number of primary amides is 1. The number of nitrogens with zero attached hydrogens (tertiary/aromatic N) is 1. The second-order valence-electron chi connectivity index (χ2n) is 5.47. The Balaban J connectivity index is 4.42. The minimum absolute atomic E-state index is 0.280. The highest BCUT2D eigenvalue weighted by atomic mass is 16.1. The number of carbonyl (C=O) groups excluding carboxylic acids is 1. The van der Waals surface area contributed by atoms with Crippen LogP contribution in [0.2, 0.25) is 0 Å². The topological polar surface area (TPSA) is 46.3 Å². The maximum Gasteiger partial charge on any atom is 0.264 e. The van der Waals surface area contributed by atoms with Gasteiger partial charge in [0.25, 0.3) is 5.91 Å². The van der Waals surface area contributed by atoms with Gasteiger partial charge in [-0.2, -0.15) is 0 Å². The van der Waals surface area contributed by atoms with Gasteiger partial charge in [-0.15, -0.1) is 0 Å². The summed E-state index contributed by atoms with van der Waals surface area (Å²) < 4.78 is 0. The van der Waals surface area contributed by atoms with Crippen molar-refractivity contribution in [1.82, 2.24) is 4.90 Å². The molecular weight excluding hydrogens is 248 g/mol. The molecule has 0 fully saturated rings. The first kappa shape index (κ1) is 19.0. The summed E-state index contributed by atoms with van der Waals surface area (Å²) in [6, 6.07) is 0. The lowest BCUT2D eigenvalue weighted by Crippen LogP contribution is -2.33. The monoisotopic (exact) mass is 282 g/mol. The van der Waals surface area contributed by atoms with Crippen molar-refractivity contribution in [2.75, 3.05) is 13.1 Å². The van der Waals surface area contributed by atoms with E-state index in [0.717, 1.165) is 38.0 Å². The van der Waals surface area contributed by atoms with Crippen molar-refractivity contribution in [3.63, 3.8) is 0 Å². The van der Waals surface area contributed by atoms with Gasteiger partial charge in [-0.25, -0.2) is 0 Å². The lowest BCUT2D eigenvalue weighted by Gasteiger charge is -2.26. The molecule has 0 heterocycles. The highest BCUT2D eigenvalue weighted by Crippen LogP contribution is 2.12. The van der Waals surface area contributed by atoms with Crippen molar-refractivity contribution in [1.29, 1.82) is 0 Å². The van der Waals surface area contributed by atoms with Crippen LogP contribution in [0.15, 0.2) is 11.8 Å². The molecule has 0 aliphatic heterocycles. The number of amides is 1. The summed E-state index contributed by atoms with van der Waals surface area (Å²) in [5.41, 5.74) is 6.26. The third-order valence-corrected chi connectivity index (χ3v) is 3.55. The predicted molar refractivity (Wildman–Crippen MR) is 87.4 cm³/mol. The molecule has 1 amide bonds. The second kappa shape index (κ2) is 13.0. The van der Waals surface area contributed by atoms with Gasteiger partial charge in [0, 0.05) is 13.1 Å². The van der Waals surface area contributed by atoms with Gasteiger partial charge in [0.05, 0.1) is 5.70 Å². The molecule has 3 nitrogen and oxygen atoms in total. The molecule has 0 aliphatic carbocycles. The maximum absolute atomic E-state index is 11.6. The van der Waals surface area contributed by atoms with Crippen LogP contribution in [0.4, 0.5) is 0 Å². The molecule has 0 aromatic heterocycles. The van der Waals surface area contributed by atoms with E-state index in [1.54, 1.807) is 0 Å². The van der Waals surface area contributed by atoms with E-state index >= 15 is 0 Å². The molecule has 0 aromatic carbocycles. The van der Waals surface area contributed by atoms with Crippen molar-refractivity contribution >= 4 is 5.91 Å². The van der Waals surface area contributed by atoms with Gasteiger partial charge in [0.15, 0.2) is 0 Å². The van der Waals surface area contributed by atoms with Crippen LogP contribution >= 0.6 is 0 Å². The normalized spacial score (nSPS) is 11.7. The molecular formula is C17H34N2O. The Morgan fingerprint density at radius 1 is 0.900 bits per heavy atom. The summed E-state index contributed by atoms with van der Waals surface area (Å²) in [6.45, 7) is 8.40. The average molecular weight is 282 g/mol. The SMILES string of the molecule is CC/C=C(\C(N)=O)N(CCCCCC)CCCCCC. The number of allylic oxidation sites excluding steroid dienone is 1. The molecule has 0 radical (unpaired) electrons. The molecule has 0 saturated carbocycles. The smallest absolute Gasteiger partial charge is 0.264 e. The van der Waals surface area contributed by atoms with Crippen LogP contribution in [0.5, 0.6) is 0 Å². The number of hydrogen-bond donors (Lipinski definition) is 1. The molecule has 0 atom stereocenters. The van der Waals surface area contributed by atoms with E-state index in [1.807, 2.05) is 6.08 Å². The first-order valence-electron chi connectivity index (χ1n) is 8.42. The van der Waals surface area contributed by atoms with Gasteiger partial charge < -0.3 is 10.6 Å². The minimum atomic E-state index is -0.280. The van der Waals surface area contributed by atoms with Crippen molar-refractivity contribution < 1.29 is 4.79 Å². The molecule has 0 saturated heterocycles. The van der Waals surface area contributed by atoms with Crippen LogP contribution in [0.3, 0.4) is 0 Å². The fourth-order valence-electron chi connectivity index (χ4n) is 2.39. The Hall–Kier alpha value is -0.990. The summed E-state index contributed by atoms with van der Waals surface area (Å²) in [5, 5.41) is 0. The Labute approximate surface area is 125 Å². The van der Waals surface area contributed by atoms with Crippen LogP contribution in [0.25, 0.3) is 0 Å². The number of hydrogen-bond acceptors (Lipinski definition) is 2. The molecule has 2 N–H and O–H groups in total. The third-order valence-electron chi connectivity index (χ3n) is 3.55. The van der Waals surface area contributed by atoms with E-state index < -0.39 is 0 Å². The molecule has 0 bridgehead atoms. The van der Waals surface area contributed by atoms with Gasteiger partial charge >= 0.3 is 0 Å². The Morgan fingerprint density at radius 2 is 1.40 bits per heavy atom. The predicted octanol–water partition coefficient (Wildman–Crippen LogP) is 4.23. The van der Waals surface area contributed by atoms with Crippen molar-refractivity contribution in [2.45, 2.75) is 78.6 Å². The number of unbranched alkanes of at least 4 members (excludes halogenated alkanes) is 6. The Morgan fingerprint density at radius 3 is 1.75 bits per heavy atom. The van der Waals surface area contributed by atoms with E-state index in [1.165, 1.54) is 38.5 Å². The van der Waals surface area contributed by atoms with E-state index in [9.17, 15) is 4.79 Å². The van der Waals surface area contributed by atoms with Crippen LogP contribution in [0, 0.1) is 0 Å². The number of nitrogens with two attached hydrogens (primary N) is 1. The fraction of sp³-hybridized carbons (Fsp3) is 0.824. The molecule has 3 heteroatoms. The summed E-state index contributed by atoms with van der Waals surface area (Å²) in [6.07, 6.45) is 12.6. The average Bonchev–Trinajstić information content (AvgIpc) is 2.43. The maximum atomic E-state index is 11.6. The van der Waals surface area contributed by atoms with Crippen molar-refractivity contribution in [3.05, 3.63) is 11.8 Å². The first-order chi connectivity index (χ1) is 9.67. The van der Waals surface area contributed by atoms with Crippen LogP contribution in [-0.2, 0) is 4.79 Å². The van der Waals surface area contributed by atoms with E-state index in [4.69, 9.17) is 5.73 Å². The van der Waals surface area contributed by atoms with Gasteiger partial charge in [-0.3, -0.25) is 4.79 Å². The summed E-state index contributed by atoms with van der Waals surface area (Å²) in [4.78, 5) is 13.8. The standard InChI is InChI=1S/C17H34N2O/c1-4-7-9-11-14-19(15-12-10-8-5-2)16(13-6-3)17(18)20/h13H,4-12,14-15H2,1-3H3,(H2,18,20)/b16-13+. The third kappa shape index (κ3) is 9.00. The molecule has 0 aliphatic rings. The van der Waals surface area contributed by atoms with E-state index in [-0.39, 0.29) is 5.91 Å². The summed E-state index contributed by atoms with van der Waals surface area (Å²) in [5.74, 6) is -0.280. The van der Waals surface area contributed by atoms with Gasteiger partial charge in [0.2, 0.25) is 0 Å². The van der Waals surface area contributed by atoms with Gasteiger partial charge in [-0.05, 0) is 19.3 Å². The van der Waals surface area contributed by atoms with Crippen molar-refractivity contribution in [3.8, 4) is 0 Å². The summed E-state index contributed by atoms with van der Waals surface area (Å²) >= 11 is 0. The first-order valence-corrected chi connectivity index (χ1v) is 8.42.